The van der Waals surface area contributed by atoms with Gasteiger partial charge in [0.05, 0.1) is 27.8 Å². The van der Waals surface area contributed by atoms with Gasteiger partial charge in [0.25, 0.3) is 5.91 Å². The van der Waals surface area contributed by atoms with Gasteiger partial charge in [-0.25, -0.2) is 0 Å². The smallest absolute Gasteiger partial charge is 0.258 e. The van der Waals surface area contributed by atoms with Crippen molar-refractivity contribution in [1.82, 2.24) is 0 Å². The van der Waals surface area contributed by atoms with Crippen LogP contribution in [-0.2, 0) is 0 Å². The van der Waals surface area contributed by atoms with E-state index < -0.39 is 0 Å². The number of anilines is 1. The number of rotatable bonds is 2. The van der Waals surface area contributed by atoms with Crippen molar-refractivity contribution >= 4 is 34.8 Å². The minimum absolute atomic E-state index is 0.238. The Bertz CT molecular complexity index is 712. The number of carbonyl (C=O) groups is 1. The molecule has 0 aliphatic carbocycles. The van der Waals surface area contributed by atoms with Gasteiger partial charge in [0.15, 0.2) is 0 Å². The van der Waals surface area contributed by atoms with Crippen molar-refractivity contribution in [3.63, 3.8) is 0 Å². The van der Waals surface area contributed by atoms with Crippen LogP contribution in [0.15, 0.2) is 42.5 Å². The monoisotopic (exact) mass is 318 g/mol. The number of nitrogens with two attached hydrogens (primary N) is 1. The van der Waals surface area contributed by atoms with E-state index in [9.17, 15) is 4.79 Å². The van der Waals surface area contributed by atoms with Crippen LogP contribution in [-0.4, -0.2) is 12.5 Å². The third-order valence-electron chi connectivity index (χ3n) is 2.69. The Kier molecular flexibility index (Phi) is 5.24. The summed E-state index contributed by atoms with van der Waals surface area (Å²) >= 11 is 12.0. The largest absolute Gasteiger partial charge is 0.321 e. The van der Waals surface area contributed by atoms with Gasteiger partial charge >= 0.3 is 0 Å². The molecule has 0 aliphatic heterocycles. The van der Waals surface area contributed by atoms with Crippen molar-refractivity contribution in [3.8, 4) is 11.8 Å². The molecule has 0 unspecified atom stereocenters. The number of hydrogen-bond donors (Lipinski definition) is 2. The molecule has 0 bridgehead atoms. The number of amides is 1. The molecule has 2 aromatic rings. The number of benzene rings is 2. The Morgan fingerprint density at radius 1 is 1.10 bits per heavy atom. The first kappa shape index (κ1) is 15.4. The zero-order valence-corrected chi connectivity index (χ0v) is 12.5. The molecule has 0 radical (unpaired) electrons. The molecule has 3 nitrogen and oxygen atoms in total. The highest BCUT2D eigenvalue weighted by Gasteiger charge is 2.15. The summed E-state index contributed by atoms with van der Waals surface area (Å²) in [4.78, 5) is 12.3. The molecule has 0 aromatic heterocycles. The fourth-order valence-electron chi connectivity index (χ4n) is 1.75. The highest BCUT2D eigenvalue weighted by Crippen LogP contribution is 2.25. The fourth-order valence-corrected chi connectivity index (χ4v) is 2.32. The average Bonchev–Trinajstić information content (AvgIpc) is 2.46. The number of carbonyl (C=O) groups excluding carboxylic acids is 1. The molecule has 1 amide bonds. The summed E-state index contributed by atoms with van der Waals surface area (Å²) in [5.41, 5.74) is 6.86. The maximum absolute atomic E-state index is 12.3. The number of nitrogens with one attached hydrogen (secondary N) is 1. The van der Waals surface area contributed by atoms with Crippen molar-refractivity contribution in [2.75, 3.05) is 11.9 Å². The van der Waals surface area contributed by atoms with Crippen LogP contribution in [0.1, 0.15) is 15.9 Å². The summed E-state index contributed by atoms with van der Waals surface area (Å²) in [5.74, 6) is 5.28. The van der Waals surface area contributed by atoms with E-state index in [4.69, 9.17) is 28.9 Å². The van der Waals surface area contributed by atoms with Crippen molar-refractivity contribution < 1.29 is 4.79 Å². The zero-order chi connectivity index (χ0) is 15.2. The number of hydrogen-bond acceptors (Lipinski definition) is 2. The van der Waals surface area contributed by atoms with Gasteiger partial charge in [0.2, 0.25) is 0 Å². The predicted molar refractivity (Wildman–Crippen MR) is 86.8 cm³/mol. The fraction of sp³-hybridized carbons (Fsp3) is 0.0625. The highest BCUT2D eigenvalue weighted by molar-refractivity contribution is 6.40. The molecule has 0 aliphatic rings. The first-order valence-corrected chi connectivity index (χ1v) is 6.92. The second kappa shape index (κ2) is 7.14. The van der Waals surface area contributed by atoms with Crippen LogP contribution >= 0.6 is 23.2 Å². The van der Waals surface area contributed by atoms with Gasteiger partial charge in [-0.1, -0.05) is 53.2 Å². The van der Waals surface area contributed by atoms with Crippen molar-refractivity contribution in [2.45, 2.75) is 0 Å². The minimum Gasteiger partial charge on any atom is -0.321 e. The quantitative estimate of drug-likeness (QED) is 0.832. The summed E-state index contributed by atoms with van der Waals surface area (Å²) < 4.78 is 0. The van der Waals surface area contributed by atoms with Gasteiger partial charge in [-0.2, -0.15) is 0 Å². The Hall–Kier alpha value is -1.99. The van der Waals surface area contributed by atoms with Crippen molar-refractivity contribution in [3.05, 3.63) is 63.6 Å². The Balaban J connectivity index is 2.32. The molecule has 0 spiro atoms. The van der Waals surface area contributed by atoms with Crippen LogP contribution in [0, 0.1) is 11.8 Å². The van der Waals surface area contributed by atoms with Crippen LogP contribution < -0.4 is 11.1 Å². The lowest BCUT2D eigenvalue weighted by molar-refractivity contribution is 0.102. The summed E-state index contributed by atoms with van der Waals surface area (Å²) in [6.07, 6.45) is 0. The predicted octanol–water partition coefficient (Wildman–Crippen LogP) is 3.56. The van der Waals surface area contributed by atoms with E-state index in [1.54, 1.807) is 36.4 Å². The van der Waals surface area contributed by atoms with E-state index >= 15 is 0 Å². The van der Waals surface area contributed by atoms with Crippen LogP contribution in [0.4, 0.5) is 5.69 Å². The lowest BCUT2D eigenvalue weighted by Crippen LogP contribution is -2.14. The Morgan fingerprint density at radius 3 is 2.43 bits per heavy atom. The first-order chi connectivity index (χ1) is 10.1. The second-order valence-corrected chi connectivity index (χ2v) is 4.92. The lowest BCUT2D eigenvalue weighted by atomic mass is 10.1. The molecule has 0 saturated heterocycles. The molecule has 3 N–H and O–H groups in total. The van der Waals surface area contributed by atoms with Gasteiger partial charge in [-0.15, -0.1) is 0 Å². The summed E-state index contributed by atoms with van der Waals surface area (Å²) in [5, 5.41) is 3.36. The summed E-state index contributed by atoms with van der Waals surface area (Å²) in [6, 6.07) is 12.1. The maximum atomic E-state index is 12.3. The highest BCUT2D eigenvalue weighted by atomic mass is 35.5. The van der Waals surface area contributed by atoms with E-state index in [1.165, 1.54) is 0 Å². The van der Waals surface area contributed by atoms with Gasteiger partial charge in [0.1, 0.15) is 0 Å². The third kappa shape index (κ3) is 3.77. The van der Waals surface area contributed by atoms with E-state index in [0.29, 0.717) is 21.3 Å². The molecule has 5 heteroatoms. The van der Waals surface area contributed by atoms with Crippen LogP contribution in [0.2, 0.25) is 10.0 Å². The Morgan fingerprint density at radius 2 is 1.76 bits per heavy atom. The molecule has 106 valence electrons. The summed E-state index contributed by atoms with van der Waals surface area (Å²) in [6.45, 7) is 0.249. The molecule has 2 aromatic carbocycles. The topological polar surface area (TPSA) is 55.1 Å². The molecule has 2 rings (SSSR count). The van der Waals surface area contributed by atoms with Crippen molar-refractivity contribution in [1.29, 1.82) is 0 Å². The normalized spacial score (nSPS) is 9.67. The third-order valence-corrected chi connectivity index (χ3v) is 3.32. The van der Waals surface area contributed by atoms with Gasteiger partial charge < -0.3 is 11.1 Å². The SMILES string of the molecule is NCC#Cc1ccccc1NC(=O)c1c(Cl)cccc1Cl. The molecule has 21 heavy (non-hydrogen) atoms. The average molecular weight is 319 g/mol. The van der Waals surface area contributed by atoms with Gasteiger partial charge in [-0.3, -0.25) is 4.79 Å². The van der Waals surface area contributed by atoms with Crippen molar-refractivity contribution in [2.24, 2.45) is 5.73 Å². The standard InChI is InChI=1S/C16H12Cl2N2O/c17-12-7-3-8-13(18)15(12)16(21)20-14-9-2-1-5-11(14)6-4-10-19/h1-3,5,7-9H,10,19H2,(H,20,21). The molecule has 0 atom stereocenters. The van der Waals surface area contributed by atoms with E-state index in [0.717, 1.165) is 0 Å². The molecule has 0 fully saturated rings. The number of halogens is 2. The van der Waals surface area contributed by atoms with E-state index in [-0.39, 0.29) is 18.0 Å². The maximum Gasteiger partial charge on any atom is 0.258 e. The van der Waals surface area contributed by atoms with Gasteiger partial charge in [-0.05, 0) is 24.3 Å². The van der Waals surface area contributed by atoms with E-state index in [1.807, 2.05) is 6.07 Å². The molecular weight excluding hydrogens is 307 g/mol. The first-order valence-electron chi connectivity index (χ1n) is 6.17. The Labute approximate surface area is 133 Å². The molecule has 0 saturated carbocycles. The zero-order valence-electron chi connectivity index (χ0n) is 11.0. The van der Waals surface area contributed by atoms with E-state index in [2.05, 4.69) is 17.2 Å². The van der Waals surface area contributed by atoms with Crippen LogP contribution in [0.25, 0.3) is 0 Å². The molecular formula is C16H12Cl2N2O. The minimum atomic E-state index is -0.382. The summed E-state index contributed by atoms with van der Waals surface area (Å²) in [7, 11) is 0. The number of para-hydroxylation sites is 1. The second-order valence-electron chi connectivity index (χ2n) is 4.10. The lowest BCUT2D eigenvalue weighted by Gasteiger charge is -2.09. The van der Waals surface area contributed by atoms with Crippen LogP contribution in [0.3, 0.4) is 0 Å². The molecule has 0 heterocycles. The van der Waals surface area contributed by atoms with Crippen LogP contribution in [0.5, 0.6) is 0 Å². The van der Waals surface area contributed by atoms with Gasteiger partial charge in [0, 0.05) is 5.56 Å².